The predicted octanol–water partition coefficient (Wildman–Crippen LogP) is -0.517. The van der Waals surface area contributed by atoms with Crippen LogP contribution in [0, 0.1) is 0 Å². The number of fused-ring (bicyclic) bond motifs is 1. The van der Waals surface area contributed by atoms with Gasteiger partial charge in [-0.3, -0.25) is 0 Å². The van der Waals surface area contributed by atoms with E-state index in [1.54, 1.807) is 0 Å². The summed E-state index contributed by atoms with van der Waals surface area (Å²) in [7, 11) is -3.65. The van der Waals surface area contributed by atoms with E-state index < -0.39 is 14.7 Å². The highest BCUT2D eigenvalue weighted by Gasteiger charge is 2.34. The number of sulfonamides is 1. The van der Waals surface area contributed by atoms with E-state index in [0.717, 1.165) is 11.8 Å². The number of hydrogen-bond donors (Lipinski definition) is 1. The molecule has 0 bridgehead atoms. The molecule has 2 rings (SSSR count). The van der Waals surface area contributed by atoms with E-state index in [2.05, 4.69) is 20.4 Å². The molecule has 1 unspecified atom stereocenters. The summed E-state index contributed by atoms with van der Waals surface area (Å²) in [6, 6.07) is 0. The quantitative estimate of drug-likeness (QED) is 0.622. The van der Waals surface area contributed by atoms with Gasteiger partial charge in [-0.15, -0.1) is 10.2 Å². The van der Waals surface area contributed by atoms with Gasteiger partial charge >= 0.3 is 0 Å². The molecule has 0 saturated carbocycles. The van der Waals surface area contributed by atoms with Gasteiger partial charge in [-0.05, 0) is 5.22 Å². The van der Waals surface area contributed by atoms with E-state index in [9.17, 15) is 8.42 Å². The fourth-order valence-electron chi connectivity index (χ4n) is 0.712. The van der Waals surface area contributed by atoms with Crippen LogP contribution in [-0.4, -0.2) is 24.0 Å². The number of primary sulfonamides is 1. The largest absolute Gasteiger partial charge is 0.242 e. The molecule has 0 aromatic rings. The minimum Gasteiger partial charge on any atom is -0.230 e. The number of nitrogens with zero attached hydrogens (tertiary/aromatic N) is 4. The zero-order chi connectivity index (χ0) is 8.77. The van der Waals surface area contributed by atoms with Crippen LogP contribution >= 0.6 is 11.8 Å². The summed E-state index contributed by atoms with van der Waals surface area (Å²) in [5.41, 5.74) is 0. The van der Waals surface area contributed by atoms with E-state index >= 15 is 0 Å². The van der Waals surface area contributed by atoms with E-state index in [-0.39, 0.29) is 5.84 Å². The molecule has 0 aromatic heterocycles. The normalized spacial score (nSPS) is 26.9. The van der Waals surface area contributed by atoms with Crippen LogP contribution in [0.5, 0.6) is 0 Å². The maximum absolute atomic E-state index is 10.8. The Morgan fingerprint density at radius 3 is 2.83 bits per heavy atom. The topological polar surface area (TPSA) is 110 Å². The maximum atomic E-state index is 10.8. The van der Waals surface area contributed by atoms with Crippen LogP contribution < -0.4 is 5.14 Å². The Balaban J connectivity index is 2.36. The van der Waals surface area contributed by atoms with Gasteiger partial charge in [-0.2, -0.15) is 0 Å². The number of nitrogens with two attached hydrogens (primary N) is 1. The monoisotopic (exact) mass is 205 g/mol. The van der Waals surface area contributed by atoms with E-state index in [0.29, 0.717) is 5.04 Å². The van der Waals surface area contributed by atoms with E-state index in [4.69, 9.17) is 5.14 Å². The van der Waals surface area contributed by atoms with Crippen molar-refractivity contribution in [3.63, 3.8) is 0 Å². The summed E-state index contributed by atoms with van der Waals surface area (Å²) in [5.74, 6) is 0.249. The Kier molecular flexibility index (Phi) is 1.53. The first-order valence-electron chi connectivity index (χ1n) is 2.82. The minimum atomic E-state index is -3.65. The van der Waals surface area contributed by atoms with Gasteiger partial charge < -0.3 is 0 Å². The number of thioether (sulfide) groups is 1. The molecule has 0 aliphatic carbocycles. The number of amidine groups is 1. The summed E-state index contributed by atoms with van der Waals surface area (Å²) in [4.78, 5) is 3.70. The van der Waals surface area contributed by atoms with Gasteiger partial charge in [0.25, 0.3) is 0 Å². The molecule has 0 saturated heterocycles. The van der Waals surface area contributed by atoms with Crippen molar-refractivity contribution in [2.24, 2.45) is 25.6 Å². The summed E-state index contributed by atoms with van der Waals surface area (Å²) in [6.07, 6.45) is 0. The lowest BCUT2D eigenvalue weighted by Crippen LogP contribution is -2.22. The van der Waals surface area contributed by atoms with Crippen molar-refractivity contribution in [2.45, 2.75) is 4.71 Å². The van der Waals surface area contributed by atoms with Crippen molar-refractivity contribution in [3.05, 3.63) is 0 Å². The molecular weight excluding hydrogens is 202 g/mol. The lowest BCUT2D eigenvalue weighted by atomic mass is 10.7. The van der Waals surface area contributed by atoms with Crippen molar-refractivity contribution in [2.75, 3.05) is 0 Å². The minimum absolute atomic E-state index is 0.249. The van der Waals surface area contributed by atoms with Gasteiger partial charge in [-0.25, -0.2) is 18.5 Å². The fraction of sp³-hybridized carbons (Fsp3) is 0.333. The van der Waals surface area contributed by atoms with Crippen molar-refractivity contribution in [1.29, 1.82) is 0 Å². The average Bonchev–Trinajstić information content (AvgIpc) is 2.37. The zero-order valence-corrected chi connectivity index (χ0v) is 7.21. The van der Waals surface area contributed by atoms with Crippen LogP contribution in [0.4, 0.5) is 0 Å². The molecule has 12 heavy (non-hydrogen) atoms. The van der Waals surface area contributed by atoms with Gasteiger partial charge in [0, 0.05) is 0 Å². The lowest BCUT2D eigenvalue weighted by molar-refractivity contribution is 0.596. The molecule has 9 heteroatoms. The molecule has 0 fully saturated rings. The first-order chi connectivity index (χ1) is 5.57. The average molecular weight is 205 g/mol. The molecule has 2 heterocycles. The fourth-order valence-corrected chi connectivity index (χ4v) is 2.40. The molecule has 0 amide bonds. The Morgan fingerprint density at radius 1 is 1.50 bits per heavy atom. The van der Waals surface area contributed by atoms with Crippen LogP contribution in [0.3, 0.4) is 0 Å². The van der Waals surface area contributed by atoms with Gasteiger partial charge in [0.2, 0.25) is 20.6 Å². The molecule has 7 nitrogen and oxygen atoms in total. The third kappa shape index (κ3) is 1.15. The maximum Gasteiger partial charge on any atom is 0.242 e. The van der Waals surface area contributed by atoms with Crippen LogP contribution in [0.2, 0.25) is 0 Å². The van der Waals surface area contributed by atoms with Crippen molar-refractivity contribution >= 4 is 32.7 Å². The zero-order valence-electron chi connectivity index (χ0n) is 5.58. The second-order valence-corrected chi connectivity index (χ2v) is 5.05. The van der Waals surface area contributed by atoms with Crippen molar-refractivity contribution in [1.82, 2.24) is 0 Å². The Hall–Kier alpha value is -0.800. The van der Waals surface area contributed by atoms with Crippen LogP contribution in [0.25, 0.3) is 0 Å². The second kappa shape index (κ2) is 2.34. The number of rotatable bonds is 1. The molecular formula is C3H3N5O2S2. The molecule has 2 aliphatic rings. The Morgan fingerprint density at radius 2 is 2.25 bits per heavy atom. The van der Waals surface area contributed by atoms with E-state index in [1.165, 1.54) is 0 Å². The molecule has 0 aromatic carbocycles. The highest BCUT2D eigenvalue weighted by molar-refractivity contribution is 8.24. The van der Waals surface area contributed by atoms with Gasteiger partial charge in [-0.1, -0.05) is 11.8 Å². The molecule has 2 aliphatic heterocycles. The molecule has 1 atom stereocenters. The van der Waals surface area contributed by atoms with Gasteiger partial charge in [0.05, 0.1) is 0 Å². The highest BCUT2D eigenvalue weighted by atomic mass is 32.3. The second-order valence-electron chi connectivity index (χ2n) is 2.06. The standard InChI is InChI=1S/C3H3N5O2S2/c4-12(9,10)3-5-1-2(11-3)7-8-6-1/h3H,(H2,4,9,10). The van der Waals surface area contributed by atoms with Crippen LogP contribution in [0.15, 0.2) is 20.4 Å². The predicted molar refractivity (Wildman–Crippen MR) is 44.2 cm³/mol. The third-order valence-corrected chi connectivity index (χ3v) is 3.74. The molecule has 0 spiro atoms. The van der Waals surface area contributed by atoms with E-state index in [1.807, 2.05) is 0 Å². The number of hydrogen-bond acceptors (Lipinski definition) is 7. The van der Waals surface area contributed by atoms with Gasteiger partial charge in [0.1, 0.15) is 0 Å². The summed E-state index contributed by atoms with van der Waals surface area (Å²) in [6.45, 7) is 0. The summed E-state index contributed by atoms with van der Waals surface area (Å²) in [5, 5.41) is 15.6. The first-order valence-corrected chi connectivity index (χ1v) is 5.31. The lowest BCUT2D eigenvalue weighted by Gasteiger charge is -1.99. The Bertz CT molecular complexity index is 406. The molecule has 64 valence electrons. The highest BCUT2D eigenvalue weighted by Crippen LogP contribution is 2.29. The van der Waals surface area contributed by atoms with Gasteiger partial charge in [0.15, 0.2) is 5.04 Å². The van der Waals surface area contributed by atoms with Crippen molar-refractivity contribution < 1.29 is 8.42 Å². The third-order valence-electron chi connectivity index (χ3n) is 1.19. The van der Waals surface area contributed by atoms with Crippen LogP contribution in [-0.2, 0) is 10.0 Å². The SMILES string of the molecule is NS(=O)(=O)C1N=C2N=NN=C2S1. The molecule has 0 radical (unpaired) electrons. The summed E-state index contributed by atoms with van der Waals surface area (Å²) >= 11 is 0.934. The first kappa shape index (κ1) is 7.83. The smallest absolute Gasteiger partial charge is 0.230 e. The number of aliphatic imine (C=N–C) groups is 1. The Labute approximate surface area is 71.9 Å². The molecule has 2 N–H and O–H groups in total. The van der Waals surface area contributed by atoms with Crippen LogP contribution in [0.1, 0.15) is 0 Å². The summed E-state index contributed by atoms with van der Waals surface area (Å²) < 4.78 is 20.6. The van der Waals surface area contributed by atoms with Crippen molar-refractivity contribution in [3.8, 4) is 0 Å².